The fraction of sp³-hybridized carbons (Fsp3) is 0.600. The van der Waals surface area contributed by atoms with Gasteiger partial charge in [0.2, 0.25) is 0 Å². The number of piperidine rings is 1. The van der Waals surface area contributed by atoms with Crippen LogP contribution >= 0.6 is 0 Å². The van der Waals surface area contributed by atoms with Gasteiger partial charge in [0, 0.05) is 19.6 Å². The van der Waals surface area contributed by atoms with Crippen molar-refractivity contribution in [2.75, 3.05) is 37.5 Å². The second kappa shape index (κ2) is 7.24. The van der Waals surface area contributed by atoms with Crippen molar-refractivity contribution in [1.82, 2.24) is 9.62 Å². The average Bonchev–Trinajstić information content (AvgIpc) is 2.49. The maximum Gasteiger partial charge on any atom is 0.304 e. The summed E-state index contributed by atoms with van der Waals surface area (Å²) in [5.74, 6) is 0.396. The van der Waals surface area contributed by atoms with Crippen LogP contribution in [0.25, 0.3) is 0 Å². The third-order valence-corrected chi connectivity index (χ3v) is 5.92. The van der Waals surface area contributed by atoms with Crippen LogP contribution in [-0.4, -0.2) is 45.9 Å². The molecule has 0 radical (unpaired) electrons. The Morgan fingerprint density at radius 3 is 2.67 bits per heavy atom. The number of hydrogen-bond donors (Lipinski definition) is 1. The number of rotatable bonds is 6. The molecule has 0 aliphatic carbocycles. The van der Waals surface area contributed by atoms with Crippen LogP contribution in [0, 0.1) is 5.92 Å². The molecule has 1 N–H and O–H groups in total. The van der Waals surface area contributed by atoms with Gasteiger partial charge in [-0.1, -0.05) is 18.2 Å². The zero-order valence-electron chi connectivity index (χ0n) is 12.8. The van der Waals surface area contributed by atoms with Crippen molar-refractivity contribution >= 4 is 15.9 Å². The molecular formula is C15H25N3O2S. The Morgan fingerprint density at radius 1 is 1.33 bits per heavy atom. The van der Waals surface area contributed by atoms with Crippen molar-refractivity contribution in [3.05, 3.63) is 30.3 Å². The van der Waals surface area contributed by atoms with Crippen LogP contribution in [0.2, 0.25) is 0 Å². The number of benzene rings is 1. The summed E-state index contributed by atoms with van der Waals surface area (Å²) >= 11 is 0. The number of para-hydroxylation sites is 1. The Kier molecular flexibility index (Phi) is 5.61. The molecule has 21 heavy (non-hydrogen) atoms. The SMILES string of the molecule is CCN(c1ccccc1)S(=O)(=O)N1CCCC(CNC)C1. The molecule has 1 aromatic rings. The van der Waals surface area contributed by atoms with Crippen molar-refractivity contribution in [2.24, 2.45) is 5.92 Å². The van der Waals surface area contributed by atoms with Gasteiger partial charge in [-0.05, 0) is 51.4 Å². The van der Waals surface area contributed by atoms with Crippen molar-refractivity contribution < 1.29 is 8.42 Å². The van der Waals surface area contributed by atoms with Gasteiger partial charge in [0.1, 0.15) is 0 Å². The number of hydrogen-bond acceptors (Lipinski definition) is 3. The first-order chi connectivity index (χ1) is 10.1. The minimum absolute atomic E-state index is 0.396. The predicted molar refractivity (Wildman–Crippen MR) is 86.6 cm³/mol. The largest absolute Gasteiger partial charge is 0.319 e. The average molecular weight is 311 g/mol. The first kappa shape index (κ1) is 16.3. The molecule has 1 aromatic carbocycles. The summed E-state index contributed by atoms with van der Waals surface area (Å²) in [6.45, 7) is 4.40. The Hall–Kier alpha value is -1.11. The number of nitrogens with zero attached hydrogens (tertiary/aromatic N) is 2. The van der Waals surface area contributed by atoms with Gasteiger partial charge < -0.3 is 5.32 Å². The quantitative estimate of drug-likeness (QED) is 0.870. The summed E-state index contributed by atoms with van der Waals surface area (Å²) in [6.07, 6.45) is 2.02. The van der Waals surface area contributed by atoms with Crippen molar-refractivity contribution in [3.8, 4) is 0 Å². The molecule has 2 rings (SSSR count). The van der Waals surface area contributed by atoms with E-state index in [0.29, 0.717) is 25.6 Å². The topological polar surface area (TPSA) is 52.7 Å². The zero-order chi connectivity index (χ0) is 15.3. The molecule has 0 saturated carbocycles. The third kappa shape index (κ3) is 3.75. The molecule has 1 unspecified atom stereocenters. The minimum atomic E-state index is -3.44. The van der Waals surface area contributed by atoms with E-state index in [-0.39, 0.29) is 0 Å². The third-order valence-electron chi connectivity index (χ3n) is 3.91. The highest BCUT2D eigenvalue weighted by Crippen LogP contribution is 2.24. The van der Waals surface area contributed by atoms with Crippen molar-refractivity contribution in [2.45, 2.75) is 19.8 Å². The summed E-state index contributed by atoms with van der Waals surface area (Å²) in [6, 6.07) is 9.32. The van der Waals surface area contributed by atoms with Crippen LogP contribution in [-0.2, 0) is 10.2 Å². The van der Waals surface area contributed by atoms with Crippen LogP contribution in [0.3, 0.4) is 0 Å². The zero-order valence-corrected chi connectivity index (χ0v) is 13.6. The summed E-state index contributed by atoms with van der Waals surface area (Å²) in [4.78, 5) is 0. The van der Waals surface area contributed by atoms with Gasteiger partial charge in [-0.25, -0.2) is 0 Å². The van der Waals surface area contributed by atoms with Crippen molar-refractivity contribution in [3.63, 3.8) is 0 Å². The fourth-order valence-corrected chi connectivity index (χ4v) is 4.66. The molecule has 1 atom stereocenters. The Bertz CT molecular complexity index is 531. The number of anilines is 1. The molecule has 0 bridgehead atoms. The van der Waals surface area contributed by atoms with E-state index in [9.17, 15) is 8.42 Å². The molecule has 1 aliphatic rings. The van der Waals surface area contributed by atoms with Crippen LogP contribution in [0.4, 0.5) is 5.69 Å². The van der Waals surface area contributed by atoms with E-state index >= 15 is 0 Å². The lowest BCUT2D eigenvalue weighted by Crippen LogP contribution is -2.49. The first-order valence-electron chi connectivity index (χ1n) is 7.57. The maximum atomic E-state index is 12.9. The van der Waals surface area contributed by atoms with Gasteiger partial charge in [0.05, 0.1) is 5.69 Å². The Labute approximate surface area is 128 Å². The molecule has 1 saturated heterocycles. The molecule has 0 amide bonds. The van der Waals surface area contributed by atoms with Gasteiger partial charge in [-0.2, -0.15) is 12.7 Å². The van der Waals surface area contributed by atoms with Gasteiger partial charge in [-0.15, -0.1) is 0 Å². The molecular weight excluding hydrogens is 286 g/mol. The van der Waals surface area contributed by atoms with Crippen LogP contribution in [0.1, 0.15) is 19.8 Å². The molecule has 5 nitrogen and oxygen atoms in total. The van der Waals surface area contributed by atoms with E-state index in [0.717, 1.165) is 25.1 Å². The maximum absolute atomic E-state index is 12.9. The molecule has 0 spiro atoms. The highest BCUT2D eigenvalue weighted by Gasteiger charge is 2.32. The molecule has 1 heterocycles. The second-order valence-electron chi connectivity index (χ2n) is 5.43. The fourth-order valence-electron chi connectivity index (χ4n) is 2.90. The summed E-state index contributed by atoms with van der Waals surface area (Å²) in [5, 5.41) is 3.15. The van der Waals surface area contributed by atoms with E-state index in [1.165, 1.54) is 4.31 Å². The number of nitrogens with one attached hydrogen (secondary N) is 1. The van der Waals surface area contributed by atoms with Gasteiger partial charge >= 0.3 is 10.2 Å². The van der Waals surface area contributed by atoms with Gasteiger partial charge in [-0.3, -0.25) is 4.31 Å². The first-order valence-corrected chi connectivity index (χ1v) is 8.96. The normalized spacial score (nSPS) is 20.4. The minimum Gasteiger partial charge on any atom is -0.319 e. The smallest absolute Gasteiger partial charge is 0.304 e. The van der Waals surface area contributed by atoms with Crippen molar-refractivity contribution in [1.29, 1.82) is 0 Å². The Balaban J connectivity index is 2.19. The predicted octanol–water partition coefficient (Wildman–Crippen LogP) is 1.69. The summed E-state index contributed by atoms with van der Waals surface area (Å²) < 4.78 is 28.9. The molecule has 118 valence electrons. The molecule has 1 aliphatic heterocycles. The highest BCUT2D eigenvalue weighted by atomic mass is 32.2. The van der Waals surface area contributed by atoms with Gasteiger partial charge in [0.25, 0.3) is 0 Å². The van der Waals surface area contributed by atoms with Crippen LogP contribution < -0.4 is 9.62 Å². The van der Waals surface area contributed by atoms with E-state index in [2.05, 4.69) is 5.32 Å². The lowest BCUT2D eigenvalue weighted by Gasteiger charge is -2.36. The van der Waals surface area contributed by atoms with E-state index < -0.39 is 10.2 Å². The molecule has 6 heteroatoms. The summed E-state index contributed by atoms with van der Waals surface area (Å²) in [5.41, 5.74) is 0.732. The van der Waals surface area contributed by atoms with Gasteiger partial charge in [0.15, 0.2) is 0 Å². The second-order valence-corrected chi connectivity index (χ2v) is 7.28. The summed E-state index contributed by atoms with van der Waals surface area (Å²) in [7, 11) is -1.53. The van der Waals surface area contributed by atoms with E-state index in [1.807, 2.05) is 44.3 Å². The lowest BCUT2D eigenvalue weighted by atomic mass is 10.00. The molecule has 0 aromatic heterocycles. The highest BCUT2D eigenvalue weighted by molar-refractivity contribution is 7.90. The van der Waals surface area contributed by atoms with Crippen LogP contribution in [0.15, 0.2) is 30.3 Å². The van der Waals surface area contributed by atoms with Crippen LogP contribution in [0.5, 0.6) is 0 Å². The molecule has 1 fully saturated rings. The lowest BCUT2D eigenvalue weighted by molar-refractivity contribution is 0.263. The van der Waals surface area contributed by atoms with E-state index in [4.69, 9.17) is 0 Å². The monoisotopic (exact) mass is 311 g/mol. The standard InChI is InChI=1S/C15H25N3O2S/c1-3-18(15-9-5-4-6-10-15)21(19,20)17-11-7-8-14(13-17)12-16-2/h4-6,9-10,14,16H,3,7-8,11-13H2,1-2H3. The Morgan fingerprint density at radius 2 is 2.05 bits per heavy atom. The van der Waals surface area contributed by atoms with E-state index in [1.54, 1.807) is 4.31 Å².